The number of nitrogens with one attached hydrogen (secondary N) is 1. The molecule has 0 aliphatic carbocycles. The Morgan fingerprint density at radius 1 is 1.58 bits per heavy atom. The van der Waals surface area contributed by atoms with Crippen molar-refractivity contribution < 1.29 is 14.6 Å². The molecule has 1 unspecified atom stereocenters. The second-order valence-electron chi connectivity index (χ2n) is 5.01. The number of carbonyl (C=O) groups excluding carboxylic acids is 1. The molecule has 0 spiro atoms. The number of nitrogens with zero attached hydrogens (tertiary/aromatic N) is 2. The van der Waals surface area contributed by atoms with Gasteiger partial charge >= 0.3 is 5.97 Å². The molecule has 6 heteroatoms. The van der Waals surface area contributed by atoms with Crippen molar-refractivity contribution in [2.45, 2.75) is 12.5 Å². The predicted octanol–water partition coefficient (Wildman–Crippen LogP) is 0.593. The molecule has 6 nitrogen and oxygen atoms in total. The third kappa shape index (κ3) is 5.23. The van der Waals surface area contributed by atoms with Crippen LogP contribution in [0.25, 0.3) is 0 Å². The number of aliphatic hydroxyl groups is 1. The molecule has 2 N–H and O–H groups in total. The molecule has 1 rings (SSSR count). The molecule has 1 aromatic heterocycles. The van der Waals surface area contributed by atoms with Crippen LogP contribution in [0.4, 0.5) is 5.69 Å². The van der Waals surface area contributed by atoms with Gasteiger partial charge < -0.3 is 20.1 Å². The topological polar surface area (TPSA) is 74.7 Å². The van der Waals surface area contributed by atoms with Gasteiger partial charge in [0.15, 0.2) is 0 Å². The zero-order valence-corrected chi connectivity index (χ0v) is 11.8. The summed E-state index contributed by atoms with van der Waals surface area (Å²) in [6.45, 7) is 2.66. The number of pyridine rings is 1. The van der Waals surface area contributed by atoms with E-state index in [2.05, 4.69) is 15.0 Å². The van der Waals surface area contributed by atoms with Crippen LogP contribution in [0.1, 0.15) is 17.4 Å². The highest BCUT2D eigenvalue weighted by atomic mass is 16.5. The zero-order chi connectivity index (χ0) is 14.5. The second kappa shape index (κ2) is 6.49. The molecule has 0 saturated heterocycles. The summed E-state index contributed by atoms with van der Waals surface area (Å²) in [6.07, 6.45) is 1.52. The van der Waals surface area contributed by atoms with Crippen LogP contribution in [-0.4, -0.2) is 60.9 Å². The van der Waals surface area contributed by atoms with Gasteiger partial charge in [-0.15, -0.1) is 0 Å². The first-order valence-corrected chi connectivity index (χ1v) is 5.99. The molecule has 0 aromatic carbocycles. The van der Waals surface area contributed by atoms with Gasteiger partial charge in [-0.1, -0.05) is 0 Å². The van der Waals surface area contributed by atoms with E-state index in [1.54, 1.807) is 19.1 Å². The van der Waals surface area contributed by atoms with Crippen molar-refractivity contribution in [2.24, 2.45) is 0 Å². The van der Waals surface area contributed by atoms with Crippen molar-refractivity contribution in [3.63, 3.8) is 0 Å². The number of esters is 1. The molecular formula is C13H21N3O3. The lowest BCUT2D eigenvalue weighted by atomic mass is 10.1. The van der Waals surface area contributed by atoms with E-state index in [1.807, 2.05) is 19.0 Å². The number of hydrogen-bond acceptors (Lipinski definition) is 6. The Balaban J connectivity index is 2.65. The van der Waals surface area contributed by atoms with Crippen LogP contribution in [0, 0.1) is 0 Å². The van der Waals surface area contributed by atoms with E-state index >= 15 is 0 Å². The largest absolute Gasteiger partial charge is 0.464 e. The van der Waals surface area contributed by atoms with Crippen LogP contribution in [0.5, 0.6) is 0 Å². The average Bonchev–Trinajstić information content (AvgIpc) is 2.34. The quantitative estimate of drug-likeness (QED) is 0.735. The van der Waals surface area contributed by atoms with Crippen molar-refractivity contribution in [1.29, 1.82) is 0 Å². The second-order valence-corrected chi connectivity index (χ2v) is 5.01. The van der Waals surface area contributed by atoms with Crippen molar-refractivity contribution in [3.8, 4) is 0 Å². The first-order chi connectivity index (χ1) is 8.84. The third-order valence-corrected chi connectivity index (χ3v) is 2.48. The van der Waals surface area contributed by atoms with E-state index in [-0.39, 0.29) is 5.69 Å². The molecule has 0 aliphatic rings. The van der Waals surface area contributed by atoms with E-state index in [4.69, 9.17) is 0 Å². The van der Waals surface area contributed by atoms with Gasteiger partial charge in [0.05, 0.1) is 12.7 Å². The van der Waals surface area contributed by atoms with E-state index < -0.39 is 11.6 Å². The minimum absolute atomic E-state index is 0.236. The number of anilines is 1. The molecule has 19 heavy (non-hydrogen) atoms. The van der Waals surface area contributed by atoms with Crippen molar-refractivity contribution in [2.75, 3.05) is 39.6 Å². The third-order valence-electron chi connectivity index (χ3n) is 2.48. The summed E-state index contributed by atoms with van der Waals surface area (Å²) in [7, 11) is 5.11. The van der Waals surface area contributed by atoms with Crippen molar-refractivity contribution in [3.05, 3.63) is 24.0 Å². The zero-order valence-electron chi connectivity index (χ0n) is 11.8. The SMILES string of the molecule is COC(=O)c1cc(NCC(C)(O)CN(C)C)ccn1. The lowest BCUT2D eigenvalue weighted by Gasteiger charge is -2.27. The minimum atomic E-state index is -0.863. The van der Waals surface area contributed by atoms with E-state index in [9.17, 15) is 9.90 Å². The van der Waals surface area contributed by atoms with Crippen molar-refractivity contribution >= 4 is 11.7 Å². The molecule has 1 heterocycles. The number of ether oxygens (including phenoxy) is 1. The lowest BCUT2D eigenvalue weighted by molar-refractivity contribution is 0.0460. The number of rotatable bonds is 6. The Kier molecular flexibility index (Phi) is 5.26. The van der Waals surface area contributed by atoms with Crippen LogP contribution in [0.15, 0.2) is 18.3 Å². The molecule has 1 aromatic rings. The van der Waals surface area contributed by atoms with Gasteiger partial charge in [-0.25, -0.2) is 9.78 Å². The van der Waals surface area contributed by atoms with E-state index in [1.165, 1.54) is 13.3 Å². The molecule has 0 radical (unpaired) electrons. The molecule has 0 saturated carbocycles. The molecule has 0 amide bonds. The maximum Gasteiger partial charge on any atom is 0.356 e. The Morgan fingerprint density at radius 3 is 2.84 bits per heavy atom. The summed E-state index contributed by atoms with van der Waals surface area (Å²) in [5, 5.41) is 13.2. The molecule has 0 bridgehead atoms. The highest BCUT2D eigenvalue weighted by molar-refractivity contribution is 5.88. The fourth-order valence-electron chi connectivity index (χ4n) is 1.79. The van der Waals surface area contributed by atoms with Crippen LogP contribution >= 0.6 is 0 Å². The Bertz CT molecular complexity index is 433. The summed E-state index contributed by atoms with van der Waals surface area (Å²) in [4.78, 5) is 17.2. The molecule has 0 aliphatic heterocycles. The van der Waals surface area contributed by atoms with Gasteiger partial charge in [-0.3, -0.25) is 0 Å². The first-order valence-electron chi connectivity index (χ1n) is 5.99. The molecular weight excluding hydrogens is 246 g/mol. The highest BCUT2D eigenvalue weighted by Crippen LogP contribution is 2.12. The lowest BCUT2D eigenvalue weighted by Crippen LogP contribution is -2.43. The standard InChI is InChI=1S/C13H21N3O3/c1-13(18,9-16(2)3)8-15-10-5-6-14-11(7-10)12(17)19-4/h5-7,18H,8-9H2,1-4H3,(H,14,15). The monoisotopic (exact) mass is 267 g/mol. The summed E-state index contributed by atoms with van der Waals surface area (Å²) in [5.41, 5.74) is 0.0900. The Labute approximate surface area is 113 Å². The van der Waals surface area contributed by atoms with Gasteiger partial charge in [0.1, 0.15) is 5.69 Å². The highest BCUT2D eigenvalue weighted by Gasteiger charge is 2.21. The summed E-state index contributed by atoms with van der Waals surface area (Å²) < 4.78 is 4.60. The number of aromatic nitrogens is 1. The van der Waals surface area contributed by atoms with Crippen LogP contribution in [-0.2, 0) is 4.74 Å². The number of hydrogen-bond donors (Lipinski definition) is 2. The fourth-order valence-corrected chi connectivity index (χ4v) is 1.79. The maximum atomic E-state index is 11.3. The first kappa shape index (κ1) is 15.4. The van der Waals surface area contributed by atoms with Gasteiger partial charge in [0.25, 0.3) is 0 Å². The van der Waals surface area contributed by atoms with Gasteiger partial charge in [0, 0.05) is 25.0 Å². The number of carbonyl (C=O) groups is 1. The van der Waals surface area contributed by atoms with Gasteiger partial charge in [-0.2, -0.15) is 0 Å². The van der Waals surface area contributed by atoms with E-state index in [0.29, 0.717) is 13.1 Å². The van der Waals surface area contributed by atoms with Gasteiger partial charge in [0.2, 0.25) is 0 Å². The summed E-state index contributed by atoms with van der Waals surface area (Å²) >= 11 is 0. The Morgan fingerprint density at radius 2 is 2.26 bits per heavy atom. The molecule has 0 fully saturated rings. The van der Waals surface area contributed by atoms with Crippen molar-refractivity contribution in [1.82, 2.24) is 9.88 Å². The minimum Gasteiger partial charge on any atom is -0.464 e. The number of likely N-dealkylation sites (N-methyl/N-ethyl adjacent to an activating group) is 1. The fraction of sp³-hybridized carbons (Fsp3) is 0.538. The molecule has 1 atom stereocenters. The van der Waals surface area contributed by atoms with Crippen LogP contribution in [0.2, 0.25) is 0 Å². The van der Waals surface area contributed by atoms with Crippen LogP contribution < -0.4 is 5.32 Å². The van der Waals surface area contributed by atoms with Gasteiger partial charge in [-0.05, 0) is 33.2 Å². The number of methoxy groups -OCH3 is 1. The smallest absolute Gasteiger partial charge is 0.356 e. The Hall–Kier alpha value is -1.66. The van der Waals surface area contributed by atoms with Crippen LogP contribution in [0.3, 0.4) is 0 Å². The normalized spacial score (nSPS) is 14.0. The molecule has 106 valence electrons. The summed E-state index contributed by atoms with van der Waals surface area (Å²) in [6, 6.07) is 3.33. The predicted molar refractivity (Wildman–Crippen MR) is 73.2 cm³/mol. The maximum absolute atomic E-state index is 11.3. The average molecular weight is 267 g/mol. The van der Waals surface area contributed by atoms with E-state index in [0.717, 1.165) is 5.69 Å². The summed E-state index contributed by atoms with van der Waals surface area (Å²) in [5.74, 6) is -0.483.